The number of nitriles is 1. The molecule has 0 amide bonds. The average molecular weight is 450 g/mol. The van der Waals surface area contributed by atoms with Crippen LogP contribution in [0.1, 0.15) is 16.0 Å². The molecule has 0 spiro atoms. The molecule has 1 saturated heterocycles. The summed E-state index contributed by atoms with van der Waals surface area (Å²) in [6, 6.07) is 6.14. The number of rotatable bonds is 4. The maximum atomic E-state index is 12.9. The molecule has 2 aliphatic heterocycles. The van der Waals surface area contributed by atoms with Crippen molar-refractivity contribution in [1.29, 1.82) is 5.26 Å². The zero-order chi connectivity index (χ0) is 21.5. The smallest absolute Gasteiger partial charge is 0.293 e. The van der Waals surface area contributed by atoms with Gasteiger partial charge in [0, 0.05) is 30.6 Å². The molecule has 1 aromatic heterocycles. The molecular formula is C18H19N5O5S2. The summed E-state index contributed by atoms with van der Waals surface area (Å²) in [6.07, 6.45) is 0.539. The molecule has 1 fully saturated rings. The van der Waals surface area contributed by atoms with Gasteiger partial charge in [0.05, 0.1) is 35.1 Å². The van der Waals surface area contributed by atoms with Crippen molar-refractivity contribution in [3.8, 4) is 6.07 Å². The summed E-state index contributed by atoms with van der Waals surface area (Å²) in [5, 5.41) is 21.5. The lowest BCUT2D eigenvalue weighted by Crippen LogP contribution is -2.40. The molecule has 4 rings (SSSR count). The first kappa shape index (κ1) is 20.5. The fourth-order valence-corrected chi connectivity index (χ4v) is 6.28. The maximum absolute atomic E-state index is 12.9. The first-order valence-corrected chi connectivity index (χ1v) is 11.5. The molecule has 3 heterocycles. The Bertz CT molecular complexity index is 1150. The van der Waals surface area contributed by atoms with Crippen molar-refractivity contribution in [3.05, 3.63) is 44.3 Å². The highest BCUT2D eigenvalue weighted by molar-refractivity contribution is 7.89. The van der Waals surface area contributed by atoms with Crippen molar-refractivity contribution in [1.82, 2.24) is 4.31 Å². The molecule has 10 nitrogen and oxygen atoms in total. The van der Waals surface area contributed by atoms with Crippen LogP contribution in [0.3, 0.4) is 0 Å². The quantitative estimate of drug-likeness (QED) is 0.549. The first-order valence-electron chi connectivity index (χ1n) is 9.24. The number of sulfonamides is 1. The van der Waals surface area contributed by atoms with Crippen LogP contribution in [0, 0.1) is 21.4 Å². The molecule has 0 radical (unpaired) electrons. The van der Waals surface area contributed by atoms with Gasteiger partial charge in [0.15, 0.2) is 0 Å². The topological polar surface area (TPSA) is 143 Å². The van der Waals surface area contributed by atoms with Crippen molar-refractivity contribution in [2.45, 2.75) is 17.9 Å². The van der Waals surface area contributed by atoms with E-state index >= 15 is 0 Å². The van der Waals surface area contributed by atoms with E-state index in [2.05, 4.69) is 6.07 Å². The van der Waals surface area contributed by atoms with Gasteiger partial charge in [0.2, 0.25) is 10.0 Å². The Morgan fingerprint density at radius 3 is 2.67 bits per heavy atom. The van der Waals surface area contributed by atoms with E-state index in [0.717, 1.165) is 16.5 Å². The van der Waals surface area contributed by atoms with E-state index in [9.17, 15) is 23.8 Å². The molecule has 2 aliphatic rings. The van der Waals surface area contributed by atoms with E-state index in [1.807, 2.05) is 4.90 Å². The number of benzene rings is 1. The Labute approximate surface area is 177 Å². The van der Waals surface area contributed by atoms with Crippen LogP contribution in [0.2, 0.25) is 0 Å². The monoisotopic (exact) mass is 449 g/mol. The second kappa shape index (κ2) is 7.84. The van der Waals surface area contributed by atoms with Crippen LogP contribution >= 0.6 is 11.3 Å². The van der Waals surface area contributed by atoms with Crippen molar-refractivity contribution in [3.63, 3.8) is 0 Å². The van der Waals surface area contributed by atoms with E-state index in [4.69, 9.17) is 10.5 Å². The number of nitro groups is 1. The third kappa shape index (κ3) is 3.50. The normalized spacial score (nSPS) is 17.4. The second-order valence-electron chi connectivity index (χ2n) is 6.95. The van der Waals surface area contributed by atoms with Crippen LogP contribution in [0.25, 0.3) is 0 Å². The Hall–Kier alpha value is -2.72. The molecule has 0 unspecified atom stereocenters. The largest absolute Gasteiger partial charge is 0.389 e. The number of nitrogens with two attached hydrogens (primary N) is 1. The molecule has 1 aromatic carbocycles. The minimum Gasteiger partial charge on any atom is -0.389 e. The standard InChI is InChI=1S/C18H19N5O5S2/c19-10-14-13-3-4-21(11-17(13)29-18(14)20)15-2-1-12(9-16(15)23(24)25)30(26,27)22-5-7-28-8-6-22/h1-2,9H,3-8,11,20H2. The van der Waals surface area contributed by atoms with Gasteiger partial charge in [0.1, 0.15) is 16.8 Å². The highest BCUT2D eigenvalue weighted by Gasteiger charge is 2.31. The van der Waals surface area contributed by atoms with Crippen LogP contribution in [-0.2, 0) is 27.7 Å². The number of morpholine rings is 1. The number of thiophene rings is 1. The van der Waals surface area contributed by atoms with Crippen molar-refractivity contribution >= 4 is 37.7 Å². The summed E-state index contributed by atoms with van der Waals surface area (Å²) in [6.45, 7) is 1.87. The van der Waals surface area contributed by atoms with Gasteiger partial charge in [0.25, 0.3) is 5.69 Å². The highest BCUT2D eigenvalue weighted by Crippen LogP contribution is 2.39. The lowest BCUT2D eigenvalue weighted by atomic mass is 10.0. The zero-order valence-electron chi connectivity index (χ0n) is 15.9. The van der Waals surface area contributed by atoms with Gasteiger partial charge in [-0.3, -0.25) is 10.1 Å². The number of hydrogen-bond acceptors (Lipinski definition) is 9. The lowest BCUT2D eigenvalue weighted by Gasteiger charge is -2.29. The molecule has 0 atom stereocenters. The van der Waals surface area contributed by atoms with Crippen LogP contribution < -0.4 is 10.6 Å². The fourth-order valence-electron chi connectivity index (χ4n) is 3.77. The number of ether oxygens (including phenoxy) is 1. The van der Waals surface area contributed by atoms with E-state index in [1.54, 1.807) is 0 Å². The fraction of sp³-hybridized carbons (Fsp3) is 0.389. The van der Waals surface area contributed by atoms with Crippen molar-refractivity contribution in [2.24, 2.45) is 0 Å². The number of nitrogens with zero attached hydrogens (tertiary/aromatic N) is 4. The molecule has 12 heteroatoms. The van der Waals surface area contributed by atoms with Gasteiger partial charge in [-0.05, 0) is 24.1 Å². The molecule has 0 saturated carbocycles. The number of fused-ring (bicyclic) bond motifs is 1. The minimum absolute atomic E-state index is 0.107. The van der Waals surface area contributed by atoms with Gasteiger partial charge in [-0.2, -0.15) is 9.57 Å². The van der Waals surface area contributed by atoms with E-state index in [-0.39, 0.29) is 23.7 Å². The van der Waals surface area contributed by atoms with Gasteiger partial charge in [-0.1, -0.05) is 0 Å². The van der Waals surface area contributed by atoms with Crippen LogP contribution in [0.4, 0.5) is 16.4 Å². The average Bonchev–Trinajstić information content (AvgIpc) is 3.07. The molecule has 2 aromatic rings. The molecular weight excluding hydrogens is 430 g/mol. The van der Waals surface area contributed by atoms with Crippen LogP contribution in [0.15, 0.2) is 23.1 Å². The van der Waals surface area contributed by atoms with Gasteiger partial charge in [-0.25, -0.2) is 8.42 Å². The summed E-state index contributed by atoms with van der Waals surface area (Å²) >= 11 is 1.31. The summed E-state index contributed by atoms with van der Waals surface area (Å²) in [7, 11) is -3.84. The number of nitro benzene ring substituents is 1. The predicted octanol–water partition coefficient (Wildman–Crippen LogP) is 1.69. The van der Waals surface area contributed by atoms with Gasteiger partial charge >= 0.3 is 0 Å². The Balaban J connectivity index is 1.68. The Morgan fingerprint density at radius 1 is 1.27 bits per heavy atom. The number of anilines is 2. The lowest BCUT2D eigenvalue weighted by molar-refractivity contribution is -0.384. The zero-order valence-corrected chi connectivity index (χ0v) is 17.5. The van der Waals surface area contributed by atoms with Gasteiger partial charge < -0.3 is 15.4 Å². The molecule has 158 valence electrons. The van der Waals surface area contributed by atoms with Crippen LogP contribution in [0.5, 0.6) is 0 Å². The van der Waals surface area contributed by atoms with Crippen LogP contribution in [-0.4, -0.2) is 50.5 Å². The summed E-state index contributed by atoms with van der Waals surface area (Å²) < 4.78 is 32.2. The van der Waals surface area contributed by atoms with E-state index in [0.29, 0.717) is 49.0 Å². The minimum atomic E-state index is -3.84. The summed E-state index contributed by atoms with van der Waals surface area (Å²) in [5.74, 6) is 0. The van der Waals surface area contributed by atoms with Gasteiger partial charge in [-0.15, -0.1) is 11.3 Å². The molecule has 0 aliphatic carbocycles. The van der Waals surface area contributed by atoms with Crippen molar-refractivity contribution in [2.75, 3.05) is 43.5 Å². The SMILES string of the molecule is N#Cc1c(N)sc2c1CCN(c1ccc(S(=O)(=O)N3CCOCC3)cc1[N+](=O)[O-])C2. The van der Waals surface area contributed by atoms with Crippen molar-refractivity contribution < 1.29 is 18.1 Å². The predicted molar refractivity (Wildman–Crippen MR) is 111 cm³/mol. The Kier molecular flexibility index (Phi) is 5.37. The molecule has 30 heavy (non-hydrogen) atoms. The third-order valence-corrected chi connectivity index (χ3v) is 8.23. The molecule has 0 bridgehead atoms. The van der Waals surface area contributed by atoms with E-state index in [1.165, 1.54) is 27.8 Å². The summed E-state index contributed by atoms with van der Waals surface area (Å²) in [4.78, 5) is 13.8. The second-order valence-corrected chi connectivity index (χ2v) is 10.0. The Morgan fingerprint density at radius 2 is 2.00 bits per heavy atom. The number of hydrogen-bond donors (Lipinski definition) is 1. The number of nitrogen functional groups attached to an aromatic ring is 1. The molecule has 2 N–H and O–H groups in total. The first-order chi connectivity index (χ1) is 14.3. The third-order valence-electron chi connectivity index (χ3n) is 5.29. The summed E-state index contributed by atoms with van der Waals surface area (Å²) in [5.41, 5.74) is 7.38. The van der Waals surface area contributed by atoms with E-state index < -0.39 is 14.9 Å². The highest BCUT2D eigenvalue weighted by atomic mass is 32.2. The maximum Gasteiger partial charge on any atom is 0.293 e.